The lowest BCUT2D eigenvalue weighted by molar-refractivity contribution is 0.529. The first-order chi connectivity index (χ1) is 9.81. The van der Waals surface area contributed by atoms with Crippen LogP contribution in [0.2, 0.25) is 0 Å². The Kier molecular flexibility index (Phi) is 3.78. The van der Waals surface area contributed by atoms with Crippen LogP contribution in [0.1, 0.15) is 5.89 Å². The van der Waals surface area contributed by atoms with E-state index >= 15 is 0 Å². The maximum atomic E-state index is 12.9. The van der Waals surface area contributed by atoms with Gasteiger partial charge in [0.05, 0.1) is 17.0 Å². The molecule has 0 spiro atoms. The second-order valence-electron chi connectivity index (χ2n) is 4.08. The molecule has 2 heterocycles. The molecule has 0 unspecified atom stereocenters. The third kappa shape index (κ3) is 3.05. The molecule has 0 aliphatic heterocycles. The lowest BCUT2D eigenvalue weighted by Crippen LogP contribution is -1.81. The second kappa shape index (κ2) is 5.88. The Morgan fingerprint density at radius 2 is 1.90 bits per heavy atom. The van der Waals surface area contributed by atoms with E-state index in [1.54, 1.807) is 36.3 Å². The number of aromatic nitrogens is 2. The molecule has 20 heavy (non-hydrogen) atoms. The number of hydrogen-bond donors (Lipinski definition) is 0. The number of benzene rings is 1. The van der Waals surface area contributed by atoms with Crippen LogP contribution < -0.4 is 0 Å². The molecule has 3 nitrogen and oxygen atoms in total. The summed E-state index contributed by atoms with van der Waals surface area (Å²) in [4.78, 5) is 8.44. The van der Waals surface area contributed by atoms with Crippen LogP contribution in [0.25, 0.3) is 11.3 Å². The highest BCUT2D eigenvalue weighted by Gasteiger charge is 2.07. The standard InChI is InChI=1S/C15H11FN2OS/c16-12-6-4-11(5-7-12)13-9-18-14(19-13)10-20-15-3-1-2-8-17-15/h1-9H,10H2. The molecule has 100 valence electrons. The molecular weight excluding hydrogens is 275 g/mol. The molecule has 0 N–H and O–H groups in total. The van der Waals surface area contributed by atoms with Crippen molar-refractivity contribution in [3.63, 3.8) is 0 Å². The van der Waals surface area contributed by atoms with Crippen molar-refractivity contribution in [3.05, 3.63) is 66.6 Å². The molecule has 0 aliphatic carbocycles. The van der Waals surface area contributed by atoms with Gasteiger partial charge in [-0.05, 0) is 36.4 Å². The maximum absolute atomic E-state index is 12.9. The molecule has 0 amide bonds. The van der Waals surface area contributed by atoms with Crippen molar-refractivity contribution in [2.45, 2.75) is 10.8 Å². The third-order valence-electron chi connectivity index (χ3n) is 2.66. The van der Waals surface area contributed by atoms with Crippen LogP contribution >= 0.6 is 11.8 Å². The van der Waals surface area contributed by atoms with E-state index in [0.29, 0.717) is 17.4 Å². The summed E-state index contributed by atoms with van der Waals surface area (Å²) < 4.78 is 18.5. The first kappa shape index (κ1) is 12.9. The largest absolute Gasteiger partial charge is 0.440 e. The van der Waals surface area contributed by atoms with E-state index in [2.05, 4.69) is 9.97 Å². The van der Waals surface area contributed by atoms with Gasteiger partial charge in [0.25, 0.3) is 0 Å². The zero-order chi connectivity index (χ0) is 13.8. The number of halogens is 1. The van der Waals surface area contributed by atoms with Gasteiger partial charge in [-0.2, -0.15) is 0 Å². The van der Waals surface area contributed by atoms with E-state index in [1.807, 2.05) is 18.2 Å². The monoisotopic (exact) mass is 286 g/mol. The molecule has 5 heteroatoms. The smallest absolute Gasteiger partial charge is 0.205 e. The minimum absolute atomic E-state index is 0.265. The zero-order valence-electron chi connectivity index (χ0n) is 10.5. The Bertz CT molecular complexity index is 683. The molecule has 3 rings (SSSR count). The highest BCUT2D eigenvalue weighted by atomic mass is 32.2. The summed E-state index contributed by atoms with van der Waals surface area (Å²) in [7, 11) is 0. The van der Waals surface area contributed by atoms with Gasteiger partial charge in [0, 0.05) is 11.8 Å². The molecule has 0 atom stereocenters. The van der Waals surface area contributed by atoms with Crippen LogP contribution in [-0.4, -0.2) is 9.97 Å². The third-order valence-corrected chi connectivity index (χ3v) is 3.59. The minimum atomic E-state index is -0.265. The van der Waals surface area contributed by atoms with Crippen LogP contribution in [0.5, 0.6) is 0 Å². The van der Waals surface area contributed by atoms with Gasteiger partial charge in [-0.1, -0.05) is 17.8 Å². The van der Waals surface area contributed by atoms with Crippen LogP contribution in [0.15, 0.2) is 64.3 Å². The average Bonchev–Trinajstić information content (AvgIpc) is 2.96. The molecule has 1 aromatic carbocycles. The van der Waals surface area contributed by atoms with Crippen molar-refractivity contribution < 1.29 is 8.81 Å². The predicted molar refractivity (Wildman–Crippen MR) is 75.7 cm³/mol. The van der Waals surface area contributed by atoms with Gasteiger partial charge in [0.2, 0.25) is 5.89 Å². The first-order valence-corrected chi connectivity index (χ1v) is 7.04. The van der Waals surface area contributed by atoms with Gasteiger partial charge in [0.1, 0.15) is 5.82 Å². The Balaban J connectivity index is 1.69. The maximum Gasteiger partial charge on any atom is 0.205 e. The van der Waals surface area contributed by atoms with E-state index in [1.165, 1.54) is 12.1 Å². The van der Waals surface area contributed by atoms with Crippen molar-refractivity contribution in [2.75, 3.05) is 0 Å². The number of nitrogens with zero attached hydrogens (tertiary/aromatic N) is 2. The number of oxazole rings is 1. The van der Waals surface area contributed by atoms with Gasteiger partial charge in [-0.25, -0.2) is 14.4 Å². The summed E-state index contributed by atoms with van der Waals surface area (Å²) in [5.74, 6) is 1.61. The molecule has 3 aromatic rings. The Labute approximate surface area is 119 Å². The number of thioether (sulfide) groups is 1. The van der Waals surface area contributed by atoms with Crippen LogP contribution in [0, 0.1) is 5.82 Å². The summed E-state index contributed by atoms with van der Waals surface area (Å²) in [5, 5.41) is 0.925. The zero-order valence-corrected chi connectivity index (χ0v) is 11.3. The normalized spacial score (nSPS) is 10.7. The number of hydrogen-bond acceptors (Lipinski definition) is 4. The highest BCUT2D eigenvalue weighted by molar-refractivity contribution is 7.98. The van der Waals surface area contributed by atoms with E-state index < -0.39 is 0 Å². The molecule has 0 saturated carbocycles. The van der Waals surface area contributed by atoms with Crippen LogP contribution in [0.4, 0.5) is 4.39 Å². The summed E-state index contributed by atoms with van der Waals surface area (Å²) in [6, 6.07) is 11.9. The van der Waals surface area contributed by atoms with Crippen molar-refractivity contribution in [1.82, 2.24) is 9.97 Å². The Morgan fingerprint density at radius 1 is 1.05 bits per heavy atom. The van der Waals surface area contributed by atoms with E-state index in [-0.39, 0.29) is 5.82 Å². The molecule has 0 fully saturated rings. The average molecular weight is 286 g/mol. The summed E-state index contributed by atoms with van der Waals surface area (Å²) >= 11 is 1.56. The van der Waals surface area contributed by atoms with Gasteiger partial charge < -0.3 is 4.42 Å². The van der Waals surface area contributed by atoms with Gasteiger partial charge in [-0.3, -0.25) is 0 Å². The van der Waals surface area contributed by atoms with Crippen molar-refractivity contribution in [1.29, 1.82) is 0 Å². The van der Waals surface area contributed by atoms with E-state index in [4.69, 9.17) is 4.42 Å². The topological polar surface area (TPSA) is 38.9 Å². The Hall–Kier alpha value is -2.14. The van der Waals surface area contributed by atoms with Crippen molar-refractivity contribution in [2.24, 2.45) is 0 Å². The molecule has 0 saturated heterocycles. The lowest BCUT2D eigenvalue weighted by atomic mass is 10.2. The predicted octanol–water partition coefficient (Wildman–Crippen LogP) is 4.17. The van der Waals surface area contributed by atoms with E-state index in [0.717, 1.165) is 10.6 Å². The second-order valence-corrected chi connectivity index (χ2v) is 5.08. The molecule has 0 bridgehead atoms. The molecule has 0 radical (unpaired) electrons. The first-order valence-electron chi connectivity index (χ1n) is 6.06. The lowest BCUT2D eigenvalue weighted by Gasteiger charge is -1.97. The highest BCUT2D eigenvalue weighted by Crippen LogP contribution is 2.24. The quantitative estimate of drug-likeness (QED) is 0.675. The van der Waals surface area contributed by atoms with Crippen molar-refractivity contribution in [3.8, 4) is 11.3 Å². The van der Waals surface area contributed by atoms with Crippen LogP contribution in [-0.2, 0) is 5.75 Å². The number of rotatable bonds is 4. The van der Waals surface area contributed by atoms with Gasteiger partial charge in [-0.15, -0.1) is 0 Å². The summed E-state index contributed by atoms with van der Waals surface area (Å²) in [6.07, 6.45) is 3.41. The van der Waals surface area contributed by atoms with E-state index in [9.17, 15) is 4.39 Å². The fraction of sp³-hybridized carbons (Fsp3) is 0.0667. The van der Waals surface area contributed by atoms with Gasteiger partial charge in [0.15, 0.2) is 5.76 Å². The van der Waals surface area contributed by atoms with Gasteiger partial charge >= 0.3 is 0 Å². The SMILES string of the molecule is Fc1ccc(-c2cnc(CSc3ccccn3)o2)cc1. The fourth-order valence-electron chi connectivity index (χ4n) is 1.69. The molecule has 0 aliphatic rings. The fourth-order valence-corrected chi connectivity index (χ4v) is 2.41. The molecule has 2 aromatic heterocycles. The van der Waals surface area contributed by atoms with Crippen molar-refractivity contribution >= 4 is 11.8 Å². The number of pyridine rings is 1. The summed E-state index contributed by atoms with van der Waals surface area (Å²) in [6.45, 7) is 0. The minimum Gasteiger partial charge on any atom is -0.440 e. The molecular formula is C15H11FN2OS. The summed E-state index contributed by atoms with van der Waals surface area (Å²) in [5.41, 5.74) is 0.813. The van der Waals surface area contributed by atoms with Crippen LogP contribution in [0.3, 0.4) is 0 Å². The Morgan fingerprint density at radius 3 is 2.65 bits per heavy atom.